The topological polar surface area (TPSA) is 39.2 Å². The molecule has 1 heterocycles. The quantitative estimate of drug-likeness (QED) is 0.774. The van der Waals surface area contributed by atoms with E-state index in [2.05, 4.69) is 4.98 Å². The van der Waals surface area contributed by atoms with E-state index in [0.29, 0.717) is 5.88 Å². The van der Waals surface area contributed by atoms with Gasteiger partial charge in [0, 0.05) is 23.4 Å². The Labute approximate surface area is 106 Å². The van der Waals surface area contributed by atoms with Gasteiger partial charge in [-0.1, -0.05) is 12.1 Å². The van der Waals surface area contributed by atoms with Crippen LogP contribution in [0.3, 0.4) is 0 Å². The van der Waals surface area contributed by atoms with Crippen molar-refractivity contribution in [1.29, 1.82) is 0 Å². The Kier molecular flexibility index (Phi) is 3.42. The Balaban J connectivity index is 2.44. The largest absolute Gasteiger partial charge is 0.481 e. The van der Waals surface area contributed by atoms with E-state index in [1.54, 1.807) is 20.2 Å². The zero-order valence-electron chi connectivity index (χ0n) is 10.7. The van der Waals surface area contributed by atoms with Crippen LogP contribution in [0.4, 0.5) is 0 Å². The second kappa shape index (κ2) is 5.00. The van der Waals surface area contributed by atoms with Gasteiger partial charge in [0.05, 0.1) is 7.11 Å². The van der Waals surface area contributed by atoms with Crippen molar-refractivity contribution >= 4 is 5.78 Å². The lowest BCUT2D eigenvalue weighted by Crippen LogP contribution is -1.96. The third-order valence-corrected chi connectivity index (χ3v) is 2.90. The Morgan fingerprint density at radius 3 is 2.44 bits per heavy atom. The van der Waals surface area contributed by atoms with E-state index in [1.165, 1.54) is 0 Å². The lowest BCUT2D eigenvalue weighted by molar-refractivity contribution is 0.101. The lowest BCUT2D eigenvalue weighted by atomic mass is 9.99. The monoisotopic (exact) mass is 241 g/mol. The number of hydrogen-bond acceptors (Lipinski definition) is 3. The number of carbonyl (C=O) groups is 1. The molecule has 18 heavy (non-hydrogen) atoms. The van der Waals surface area contributed by atoms with Gasteiger partial charge in [-0.3, -0.25) is 4.79 Å². The highest BCUT2D eigenvalue weighted by Crippen LogP contribution is 2.23. The summed E-state index contributed by atoms with van der Waals surface area (Å²) in [7, 11) is 1.59. The van der Waals surface area contributed by atoms with E-state index in [4.69, 9.17) is 4.74 Å². The Morgan fingerprint density at radius 1 is 1.17 bits per heavy atom. The van der Waals surface area contributed by atoms with Crippen molar-refractivity contribution in [3.63, 3.8) is 0 Å². The van der Waals surface area contributed by atoms with Gasteiger partial charge < -0.3 is 4.74 Å². The Hall–Kier alpha value is -2.16. The van der Waals surface area contributed by atoms with Crippen LogP contribution in [-0.4, -0.2) is 17.9 Å². The van der Waals surface area contributed by atoms with Crippen LogP contribution in [0, 0.1) is 6.92 Å². The zero-order valence-corrected chi connectivity index (χ0v) is 10.7. The van der Waals surface area contributed by atoms with Crippen molar-refractivity contribution in [1.82, 2.24) is 4.98 Å². The molecule has 3 nitrogen and oxygen atoms in total. The first-order valence-corrected chi connectivity index (χ1v) is 5.74. The van der Waals surface area contributed by atoms with Crippen LogP contribution in [0.2, 0.25) is 0 Å². The van der Waals surface area contributed by atoms with Crippen LogP contribution in [0.25, 0.3) is 11.1 Å². The van der Waals surface area contributed by atoms with Crippen LogP contribution in [0.5, 0.6) is 5.88 Å². The molecule has 0 bridgehead atoms. The summed E-state index contributed by atoms with van der Waals surface area (Å²) in [6.45, 7) is 3.52. The normalized spacial score (nSPS) is 10.2. The highest BCUT2D eigenvalue weighted by Gasteiger charge is 2.06. The number of ether oxygens (including phenoxy) is 1. The second-order valence-electron chi connectivity index (χ2n) is 4.18. The number of Topliss-reactive ketones (excluding diaryl/α,β-unsaturated/α-hetero) is 1. The third kappa shape index (κ3) is 2.40. The molecule has 1 aromatic heterocycles. The first kappa shape index (κ1) is 12.3. The molecule has 3 heteroatoms. The standard InChI is InChI=1S/C15H15NO2/c1-10-4-5-12(8-14(10)11(2)17)13-6-7-15(18-3)16-9-13/h4-9H,1-3H3. The maximum absolute atomic E-state index is 11.5. The van der Waals surface area contributed by atoms with Crippen LogP contribution < -0.4 is 4.74 Å². The number of rotatable bonds is 3. The second-order valence-corrected chi connectivity index (χ2v) is 4.18. The van der Waals surface area contributed by atoms with Gasteiger partial charge in [0.2, 0.25) is 5.88 Å². The molecule has 0 aliphatic carbocycles. The van der Waals surface area contributed by atoms with Crippen LogP contribution in [0.1, 0.15) is 22.8 Å². The molecule has 1 aromatic carbocycles. The molecule has 2 rings (SSSR count). The Morgan fingerprint density at radius 2 is 1.89 bits per heavy atom. The van der Waals surface area contributed by atoms with Gasteiger partial charge in [-0.2, -0.15) is 0 Å². The number of methoxy groups -OCH3 is 1. The number of carbonyl (C=O) groups excluding carboxylic acids is 1. The molecule has 0 fully saturated rings. The van der Waals surface area contributed by atoms with E-state index in [-0.39, 0.29) is 5.78 Å². The van der Waals surface area contributed by atoms with Crippen molar-refractivity contribution < 1.29 is 9.53 Å². The van der Waals surface area contributed by atoms with Gasteiger partial charge in [0.1, 0.15) is 0 Å². The molecule has 0 N–H and O–H groups in total. The molecule has 0 aliphatic heterocycles. The first-order valence-electron chi connectivity index (χ1n) is 5.74. The smallest absolute Gasteiger partial charge is 0.212 e. The predicted molar refractivity (Wildman–Crippen MR) is 71.0 cm³/mol. The van der Waals surface area contributed by atoms with Crippen molar-refractivity contribution in [3.8, 4) is 17.0 Å². The SMILES string of the molecule is COc1ccc(-c2ccc(C)c(C(C)=O)c2)cn1. The minimum atomic E-state index is 0.0795. The molecule has 2 aromatic rings. The molecular weight excluding hydrogens is 226 g/mol. The number of nitrogens with zero attached hydrogens (tertiary/aromatic N) is 1. The number of benzene rings is 1. The molecule has 92 valence electrons. The fourth-order valence-electron chi connectivity index (χ4n) is 1.85. The number of aromatic nitrogens is 1. The van der Waals surface area contributed by atoms with Crippen molar-refractivity contribution in [3.05, 3.63) is 47.7 Å². The average molecular weight is 241 g/mol. The number of ketones is 1. The summed E-state index contributed by atoms with van der Waals surface area (Å²) in [5, 5.41) is 0. The molecule has 0 aliphatic rings. The number of aryl methyl sites for hydroxylation is 1. The molecule has 0 saturated carbocycles. The first-order chi connectivity index (χ1) is 8.61. The average Bonchev–Trinajstić information content (AvgIpc) is 2.39. The molecule has 0 unspecified atom stereocenters. The highest BCUT2D eigenvalue weighted by atomic mass is 16.5. The summed E-state index contributed by atoms with van der Waals surface area (Å²) < 4.78 is 5.02. The summed E-state index contributed by atoms with van der Waals surface area (Å²) in [5.41, 5.74) is 3.70. The van der Waals surface area contributed by atoms with Crippen molar-refractivity contribution in [2.45, 2.75) is 13.8 Å². The van der Waals surface area contributed by atoms with Gasteiger partial charge in [0.25, 0.3) is 0 Å². The van der Waals surface area contributed by atoms with Crippen molar-refractivity contribution in [2.24, 2.45) is 0 Å². The number of hydrogen-bond donors (Lipinski definition) is 0. The van der Waals surface area contributed by atoms with E-state index >= 15 is 0 Å². The molecule has 0 saturated heterocycles. The fourth-order valence-corrected chi connectivity index (χ4v) is 1.85. The van der Waals surface area contributed by atoms with E-state index < -0.39 is 0 Å². The lowest BCUT2D eigenvalue weighted by Gasteiger charge is -2.07. The van der Waals surface area contributed by atoms with Gasteiger partial charge in [-0.15, -0.1) is 0 Å². The fraction of sp³-hybridized carbons (Fsp3) is 0.200. The van der Waals surface area contributed by atoms with E-state index in [0.717, 1.165) is 22.3 Å². The van der Waals surface area contributed by atoms with E-state index in [9.17, 15) is 4.79 Å². The highest BCUT2D eigenvalue weighted by molar-refractivity contribution is 5.96. The predicted octanol–water partition coefficient (Wildman–Crippen LogP) is 3.27. The summed E-state index contributed by atoms with van der Waals surface area (Å²) in [6, 6.07) is 9.59. The number of pyridine rings is 1. The van der Waals surface area contributed by atoms with Crippen LogP contribution >= 0.6 is 0 Å². The summed E-state index contributed by atoms with van der Waals surface area (Å²) in [4.78, 5) is 15.7. The third-order valence-electron chi connectivity index (χ3n) is 2.90. The summed E-state index contributed by atoms with van der Waals surface area (Å²) in [5.74, 6) is 0.661. The molecule has 0 radical (unpaired) electrons. The zero-order chi connectivity index (χ0) is 13.1. The van der Waals surface area contributed by atoms with E-state index in [1.807, 2.05) is 37.3 Å². The molecule has 0 amide bonds. The minimum absolute atomic E-state index is 0.0795. The van der Waals surface area contributed by atoms with Gasteiger partial charge in [-0.05, 0) is 37.1 Å². The molecular formula is C15H15NO2. The maximum atomic E-state index is 11.5. The van der Waals surface area contributed by atoms with Gasteiger partial charge in [-0.25, -0.2) is 4.98 Å². The Bertz CT molecular complexity index is 574. The van der Waals surface area contributed by atoms with Crippen molar-refractivity contribution in [2.75, 3.05) is 7.11 Å². The molecule has 0 spiro atoms. The van der Waals surface area contributed by atoms with Gasteiger partial charge >= 0.3 is 0 Å². The van der Waals surface area contributed by atoms with Crippen LogP contribution in [0.15, 0.2) is 36.5 Å². The minimum Gasteiger partial charge on any atom is -0.481 e. The molecule has 0 atom stereocenters. The summed E-state index contributed by atoms with van der Waals surface area (Å²) in [6.07, 6.45) is 1.74. The maximum Gasteiger partial charge on any atom is 0.212 e. The summed E-state index contributed by atoms with van der Waals surface area (Å²) >= 11 is 0. The van der Waals surface area contributed by atoms with Gasteiger partial charge in [0.15, 0.2) is 5.78 Å². The van der Waals surface area contributed by atoms with Crippen LogP contribution in [-0.2, 0) is 0 Å².